The summed E-state index contributed by atoms with van der Waals surface area (Å²) in [6.07, 6.45) is -2.72. The molecular formula is C16H26FN5O3Si. The Kier molecular flexibility index (Phi) is 4.58. The van der Waals surface area contributed by atoms with Crippen LogP contribution in [0, 0.1) is 0 Å². The normalized spacial score (nSPS) is 28.6. The number of nitrogens with two attached hydrogens (primary N) is 1. The molecule has 1 fully saturated rings. The number of halogens is 1. The zero-order valence-electron chi connectivity index (χ0n) is 15.6. The first-order valence-electron chi connectivity index (χ1n) is 8.55. The fraction of sp³-hybridized carbons (Fsp3) is 0.688. The third-order valence-corrected chi connectivity index (χ3v) is 11.6. The predicted molar refractivity (Wildman–Crippen MR) is 97.8 cm³/mol. The molecule has 0 aliphatic carbocycles. The first-order chi connectivity index (χ1) is 12.0. The van der Waals surface area contributed by atoms with Crippen LogP contribution in [-0.4, -0.2) is 61.9 Å². The van der Waals surface area contributed by atoms with Gasteiger partial charge < -0.3 is 20.7 Å². The Labute approximate surface area is 152 Å². The Morgan fingerprint density at radius 1 is 1.31 bits per heavy atom. The molecule has 4 N–H and O–H groups in total. The van der Waals surface area contributed by atoms with Gasteiger partial charge in [-0.1, -0.05) is 33.9 Å². The molecule has 26 heavy (non-hydrogen) atoms. The van der Waals surface area contributed by atoms with Crippen molar-refractivity contribution in [2.45, 2.75) is 69.2 Å². The van der Waals surface area contributed by atoms with Gasteiger partial charge in [0.2, 0.25) is 0 Å². The smallest absolute Gasteiger partial charge is 0.173 e. The predicted octanol–water partition coefficient (Wildman–Crippen LogP) is 1.41. The number of aliphatic hydroxyl groups is 2. The van der Waals surface area contributed by atoms with E-state index in [0.717, 1.165) is 0 Å². The number of nitrogens with zero attached hydrogens (tertiary/aromatic N) is 4. The molecule has 3 heterocycles. The molecule has 0 spiro atoms. The number of hydrogen-bond donors (Lipinski definition) is 3. The number of aliphatic hydroxyl groups excluding tert-OH is 2. The molecule has 144 valence electrons. The fourth-order valence-electron chi connectivity index (χ4n) is 3.06. The maximum atomic E-state index is 14.9. The van der Waals surface area contributed by atoms with Crippen LogP contribution >= 0.6 is 0 Å². The van der Waals surface area contributed by atoms with Gasteiger partial charge in [-0.3, -0.25) is 4.57 Å². The summed E-state index contributed by atoms with van der Waals surface area (Å²) in [4.78, 5) is 12.1. The largest absolute Gasteiger partial charge is 0.394 e. The number of alkyl halides is 1. The molecule has 0 amide bonds. The number of hydrogen-bond acceptors (Lipinski definition) is 7. The quantitative estimate of drug-likeness (QED) is 0.686. The van der Waals surface area contributed by atoms with Crippen molar-refractivity contribution in [3.05, 3.63) is 12.7 Å². The molecule has 0 saturated carbocycles. The Morgan fingerprint density at radius 2 is 1.96 bits per heavy atom. The molecule has 0 bridgehead atoms. The third-order valence-electron chi connectivity index (χ3n) is 5.88. The van der Waals surface area contributed by atoms with Crippen LogP contribution < -0.4 is 5.73 Å². The lowest BCUT2D eigenvalue weighted by Gasteiger charge is -2.43. The third kappa shape index (κ3) is 2.81. The first-order valence-corrected chi connectivity index (χ1v) is 11.6. The number of fused-ring (bicyclic) bond motifs is 1. The summed E-state index contributed by atoms with van der Waals surface area (Å²) in [5.41, 5.74) is 5.49. The van der Waals surface area contributed by atoms with Crippen molar-refractivity contribution in [2.75, 3.05) is 5.73 Å². The number of ether oxygens (including phenoxy) is 1. The van der Waals surface area contributed by atoms with Gasteiger partial charge in [-0.25, -0.2) is 19.3 Å². The second-order valence-electron chi connectivity index (χ2n) is 8.43. The average molecular weight is 384 g/mol. The highest BCUT2D eigenvalue weighted by Crippen LogP contribution is 2.43. The van der Waals surface area contributed by atoms with Crippen molar-refractivity contribution in [3.8, 4) is 0 Å². The zero-order chi connectivity index (χ0) is 19.4. The van der Waals surface area contributed by atoms with Gasteiger partial charge in [-0.15, -0.1) is 0 Å². The zero-order valence-corrected chi connectivity index (χ0v) is 16.6. The highest BCUT2D eigenvalue weighted by molar-refractivity contribution is 6.81. The molecule has 0 radical (unpaired) electrons. The van der Waals surface area contributed by atoms with E-state index in [1.807, 2.05) is 33.9 Å². The van der Waals surface area contributed by atoms with Gasteiger partial charge in [-0.05, 0) is 5.04 Å². The first kappa shape index (κ1) is 19.1. The van der Waals surface area contributed by atoms with Crippen LogP contribution in [0.5, 0.6) is 0 Å². The van der Waals surface area contributed by atoms with E-state index in [0.29, 0.717) is 11.2 Å². The lowest BCUT2D eigenvalue weighted by Crippen LogP contribution is -2.57. The van der Waals surface area contributed by atoms with E-state index in [1.165, 1.54) is 17.2 Å². The van der Waals surface area contributed by atoms with Gasteiger partial charge in [0.15, 0.2) is 23.9 Å². The van der Waals surface area contributed by atoms with Crippen molar-refractivity contribution in [3.63, 3.8) is 0 Å². The van der Waals surface area contributed by atoms with Crippen molar-refractivity contribution in [1.29, 1.82) is 0 Å². The Balaban J connectivity index is 1.94. The Hall–Kier alpha value is -1.62. The molecule has 2 aromatic heterocycles. The van der Waals surface area contributed by atoms with E-state index in [2.05, 4.69) is 15.0 Å². The van der Waals surface area contributed by atoms with E-state index in [-0.39, 0.29) is 10.9 Å². The molecule has 5 atom stereocenters. The molecule has 1 aliphatic heterocycles. The lowest BCUT2D eigenvalue weighted by molar-refractivity contribution is -0.0621. The summed E-state index contributed by atoms with van der Waals surface area (Å²) in [6, 6.07) is 0. The van der Waals surface area contributed by atoms with Crippen LogP contribution in [0.1, 0.15) is 27.0 Å². The van der Waals surface area contributed by atoms with Crippen molar-refractivity contribution in [1.82, 2.24) is 19.5 Å². The van der Waals surface area contributed by atoms with Gasteiger partial charge in [0.1, 0.15) is 24.1 Å². The van der Waals surface area contributed by atoms with Crippen LogP contribution in [0.2, 0.25) is 18.1 Å². The summed E-state index contributed by atoms with van der Waals surface area (Å²) in [5.74, 6) is 0.181. The number of imidazole rings is 1. The molecular weight excluding hydrogens is 357 g/mol. The van der Waals surface area contributed by atoms with E-state index in [9.17, 15) is 14.6 Å². The van der Waals surface area contributed by atoms with Crippen LogP contribution in [0.15, 0.2) is 12.7 Å². The SMILES string of the molecule is CC(C)(C)[Si](C)(C)C(O)[C@H]1O[C@@H](n2cnc3c(N)ncnc32)[C@H](F)[C@@H]1O. The monoisotopic (exact) mass is 383 g/mol. The molecule has 1 saturated heterocycles. The van der Waals surface area contributed by atoms with Gasteiger partial charge in [0, 0.05) is 0 Å². The minimum Gasteiger partial charge on any atom is -0.394 e. The minimum absolute atomic E-state index is 0.150. The number of anilines is 1. The minimum atomic E-state index is -2.29. The molecule has 8 nitrogen and oxygen atoms in total. The molecule has 1 unspecified atom stereocenters. The molecule has 0 aromatic carbocycles. The van der Waals surface area contributed by atoms with Crippen LogP contribution in [-0.2, 0) is 4.74 Å². The van der Waals surface area contributed by atoms with Gasteiger partial charge in [-0.2, -0.15) is 0 Å². The van der Waals surface area contributed by atoms with E-state index < -0.39 is 38.4 Å². The van der Waals surface area contributed by atoms with E-state index in [4.69, 9.17) is 10.5 Å². The van der Waals surface area contributed by atoms with Crippen molar-refractivity contribution in [2.24, 2.45) is 0 Å². The lowest BCUT2D eigenvalue weighted by atomic mass is 10.1. The Bertz CT molecular complexity index is 809. The summed E-state index contributed by atoms with van der Waals surface area (Å²) in [6.45, 7) is 10.1. The summed E-state index contributed by atoms with van der Waals surface area (Å²) in [7, 11) is -2.29. The number of aromatic nitrogens is 4. The number of nitrogen functional groups attached to an aromatic ring is 1. The standard InChI is InChI=1S/C16H26FN5O3Si/c1-16(2,3)26(4,5)15(24)11-10(23)8(17)14(25-11)22-7-21-9-12(18)19-6-20-13(9)22/h6-8,10-11,14-15,23-24H,1-5H3,(H2,18,19,20)/t8-,10+,11+,14-,15?/m1/s1. The highest BCUT2D eigenvalue weighted by atomic mass is 28.3. The molecule has 3 rings (SSSR count). The molecule has 1 aliphatic rings. The maximum absolute atomic E-state index is 14.9. The van der Waals surface area contributed by atoms with Gasteiger partial charge in [0.25, 0.3) is 0 Å². The maximum Gasteiger partial charge on any atom is 0.173 e. The second-order valence-corrected chi connectivity index (χ2v) is 14.0. The van der Waals surface area contributed by atoms with E-state index in [1.54, 1.807) is 0 Å². The van der Waals surface area contributed by atoms with Crippen LogP contribution in [0.4, 0.5) is 10.2 Å². The number of rotatable bonds is 3. The topological polar surface area (TPSA) is 119 Å². The molecule has 10 heteroatoms. The summed E-state index contributed by atoms with van der Waals surface area (Å²) in [5, 5.41) is 21.2. The van der Waals surface area contributed by atoms with Crippen molar-refractivity contribution < 1.29 is 19.3 Å². The van der Waals surface area contributed by atoms with Gasteiger partial charge >= 0.3 is 0 Å². The van der Waals surface area contributed by atoms with E-state index >= 15 is 0 Å². The Morgan fingerprint density at radius 3 is 2.58 bits per heavy atom. The highest BCUT2D eigenvalue weighted by Gasteiger charge is 2.54. The van der Waals surface area contributed by atoms with Crippen molar-refractivity contribution >= 4 is 25.1 Å². The molecule has 2 aromatic rings. The summed E-state index contributed by atoms with van der Waals surface area (Å²) >= 11 is 0. The average Bonchev–Trinajstić information content (AvgIpc) is 3.09. The van der Waals surface area contributed by atoms with Crippen LogP contribution in [0.25, 0.3) is 11.2 Å². The van der Waals surface area contributed by atoms with Crippen LogP contribution in [0.3, 0.4) is 0 Å². The fourth-order valence-corrected chi connectivity index (χ4v) is 5.04. The second kappa shape index (κ2) is 6.22. The summed E-state index contributed by atoms with van der Waals surface area (Å²) < 4.78 is 22.1. The van der Waals surface area contributed by atoms with Gasteiger partial charge in [0.05, 0.1) is 20.1 Å².